The summed E-state index contributed by atoms with van der Waals surface area (Å²) in [4.78, 5) is 0. The molecule has 1 fully saturated rings. The van der Waals surface area contributed by atoms with E-state index < -0.39 is 0 Å². The highest BCUT2D eigenvalue weighted by Gasteiger charge is 2.36. The zero-order chi connectivity index (χ0) is 13.8. The molecule has 2 N–H and O–H groups in total. The molecule has 0 aromatic rings. The summed E-state index contributed by atoms with van der Waals surface area (Å²) >= 11 is 0. The molecule has 0 radical (unpaired) electrons. The van der Waals surface area contributed by atoms with E-state index in [-0.39, 0.29) is 5.54 Å². The third-order valence-electron chi connectivity index (χ3n) is 4.01. The first-order chi connectivity index (χ1) is 8.31. The van der Waals surface area contributed by atoms with Gasteiger partial charge in [0.15, 0.2) is 0 Å². The van der Waals surface area contributed by atoms with Crippen molar-refractivity contribution < 1.29 is 4.74 Å². The Morgan fingerprint density at radius 3 is 2.17 bits per heavy atom. The van der Waals surface area contributed by atoms with Gasteiger partial charge < -0.3 is 15.4 Å². The fourth-order valence-corrected chi connectivity index (χ4v) is 2.64. The largest absolute Gasteiger partial charge is 0.375 e. The SMILES string of the molecule is CC1OC(C)C(CNCCCNC(C)(C)C)C1C. The van der Waals surface area contributed by atoms with Crippen LogP contribution in [0.3, 0.4) is 0 Å². The summed E-state index contributed by atoms with van der Waals surface area (Å²) in [5.74, 6) is 1.33. The van der Waals surface area contributed by atoms with Crippen molar-refractivity contribution in [3.05, 3.63) is 0 Å². The van der Waals surface area contributed by atoms with Gasteiger partial charge in [-0.25, -0.2) is 0 Å². The molecule has 1 aliphatic heterocycles. The van der Waals surface area contributed by atoms with Crippen molar-refractivity contribution in [3.63, 3.8) is 0 Å². The van der Waals surface area contributed by atoms with Crippen LogP contribution in [0.2, 0.25) is 0 Å². The Morgan fingerprint density at radius 1 is 1.00 bits per heavy atom. The number of ether oxygens (including phenoxy) is 1. The summed E-state index contributed by atoms with van der Waals surface area (Å²) in [6.45, 7) is 16.6. The third-order valence-corrected chi connectivity index (χ3v) is 4.01. The van der Waals surface area contributed by atoms with E-state index in [0.717, 1.165) is 19.6 Å². The number of hydrogen-bond donors (Lipinski definition) is 2. The van der Waals surface area contributed by atoms with E-state index in [1.807, 2.05) is 0 Å². The van der Waals surface area contributed by atoms with E-state index in [9.17, 15) is 0 Å². The molecule has 1 heterocycles. The van der Waals surface area contributed by atoms with E-state index in [0.29, 0.717) is 24.0 Å². The van der Waals surface area contributed by atoms with Crippen molar-refractivity contribution in [1.29, 1.82) is 0 Å². The lowest BCUT2D eigenvalue weighted by Gasteiger charge is -2.21. The van der Waals surface area contributed by atoms with E-state index in [1.54, 1.807) is 0 Å². The quantitative estimate of drug-likeness (QED) is 0.716. The molecule has 4 unspecified atom stereocenters. The standard InChI is InChI=1S/C15H32N2O/c1-11-12(2)18-13(3)14(11)10-16-8-7-9-17-15(4,5)6/h11-14,16-17H,7-10H2,1-6H3. The Kier molecular flexibility index (Phi) is 6.09. The van der Waals surface area contributed by atoms with E-state index in [4.69, 9.17) is 4.74 Å². The number of nitrogens with one attached hydrogen (secondary N) is 2. The first-order valence-electron chi connectivity index (χ1n) is 7.42. The van der Waals surface area contributed by atoms with Gasteiger partial charge >= 0.3 is 0 Å². The summed E-state index contributed by atoms with van der Waals surface area (Å²) in [7, 11) is 0. The molecule has 1 rings (SSSR count). The van der Waals surface area contributed by atoms with Crippen molar-refractivity contribution in [2.24, 2.45) is 11.8 Å². The van der Waals surface area contributed by atoms with Gasteiger partial charge in [-0.2, -0.15) is 0 Å². The van der Waals surface area contributed by atoms with Gasteiger partial charge in [0.05, 0.1) is 12.2 Å². The highest BCUT2D eigenvalue weighted by Crippen LogP contribution is 2.31. The van der Waals surface area contributed by atoms with Gasteiger partial charge in [-0.1, -0.05) is 6.92 Å². The Morgan fingerprint density at radius 2 is 1.67 bits per heavy atom. The number of hydrogen-bond acceptors (Lipinski definition) is 3. The molecular weight excluding hydrogens is 224 g/mol. The zero-order valence-corrected chi connectivity index (χ0v) is 13.0. The van der Waals surface area contributed by atoms with Crippen molar-refractivity contribution >= 4 is 0 Å². The predicted molar refractivity (Wildman–Crippen MR) is 77.9 cm³/mol. The second-order valence-electron chi connectivity index (χ2n) is 6.80. The zero-order valence-electron chi connectivity index (χ0n) is 13.0. The summed E-state index contributed by atoms with van der Waals surface area (Å²) < 4.78 is 5.86. The molecule has 0 aromatic heterocycles. The minimum absolute atomic E-state index is 0.234. The van der Waals surface area contributed by atoms with Crippen molar-refractivity contribution in [3.8, 4) is 0 Å². The van der Waals surface area contributed by atoms with Gasteiger partial charge in [0, 0.05) is 18.0 Å². The molecular formula is C15H32N2O. The second kappa shape index (κ2) is 6.88. The van der Waals surface area contributed by atoms with Crippen LogP contribution in [0.15, 0.2) is 0 Å². The predicted octanol–water partition coefficient (Wildman–Crippen LogP) is 2.41. The van der Waals surface area contributed by atoms with Crippen LogP contribution in [-0.2, 0) is 4.74 Å². The molecule has 1 saturated heterocycles. The first-order valence-corrected chi connectivity index (χ1v) is 7.42. The molecule has 0 bridgehead atoms. The van der Waals surface area contributed by atoms with Gasteiger partial charge in [0.25, 0.3) is 0 Å². The summed E-state index contributed by atoms with van der Waals surface area (Å²) in [6.07, 6.45) is 1.99. The van der Waals surface area contributed by atoms with Gasteiger partial charge in [0.2, 0.25) is 0 Å². The fraction of sp³-hybridized carbons (Fsp3) is 1.00. The lowest BCUT2D eigenvalue weighted by Crippen LogP contribution is -2.38. The average Bonchev–Trinajstić information content (AvgIpc) is 2.47. The summed E-state index contributed by atoms with van der Waals surface area (Å²) in [5, 5.41) is 7.09. The Bertz CT molecular complexity index is 237. The molecule has 1 aliphatic rings. The molecule has 0 aliphatic carbocycles. The normalized spacial score (nSPS) is 33.0. The molecule has 0 aromatic carbocycles. The van der Waals surface area contributed by atoms with Gasteiger partial charge in [-0.15, -0.1) is 0 Å². The summed E-state index contributed by atoms with van der Waals surface area (Å²) in [5.41, 5.74) is 0.234. The molecule has 3 nitrogen and oxygen atoms in total. The Labute approximate surface area is 113 Å². The van der Waals surface area contributed by atoms with Crippen LogP contribution in [0.5, 0.6) is 0 Å². The number of rotatable bonds is 6. The minimum Gasteiger partial charge on any atom is -0.375 e. The topological polar surface area (TPSA) is 33.3 Å². The highest BCUT2D eigenvalue weighted by atomic mass is 16.5. The second-order valence-corrected chi connectivity index (χ2v) is 6.80. The highest BCUT2D eigenvalue weighted by molar-refractivity contribution is 4.85. The lowest BCUT2D eigenvalue weighted by molar-refractivity contribution is 0.0511. The summed E-state index contributed by atoms with van der Waals surface area (Å²) in [6, 6.07) is 0. The van der Waals surface area contributed by atoms with Crippen LogP contribution in [-0.4, -0.2) is 37.4 Å². The van der Waals surface area contributed by atoms with Crippen molar-refractivity contribution in [2.45, 2.75) is 65.7 Å². The van der Waals surface area contributed by atoms with Crippen LogP contribution in [0.1, 0.15) is 48.0 Å². The third kappa shape index (κ3) is 5.25. The average molecular weight is 256 g/mol. The van der Waals surface area contributed by atoms with Crippen LogP contribution < -0.4 is 10.6 Å². The Hall–Kier alpha value is -0.120. The minimum atomic E-state index is 0.234. The molecule has 0 saturated carbocycles. The van der Waals surface area contributed by atoms with E-state index >= 15 is 0 Å². The molecule has 18 heavy (non-hydrogen) atoms. The lowest BCUT2D eigenvalue weighted by atomic mass is 9.89. The Balaban J connectivity index is 2.08. The van der Waals surface area contributed by atoms with Crippen LogP contribution in [0.4, 0.5) is 0 Å². The van der Waals surface area contributed by atoms with Gasteiger partial charge in [0.1, 0.15) is 0 Å². The molecule has 0 amide bonds. The molecule has 108 valence electrons. The maximum Gasteiger partial charge on any atom is 0.0594 e. The van der Waals surface area contributed by atoms with E-state index in [1.165, 1.54) is 6.42 Å². The smallest absolute Gasteiger partial charge is 0.0594 e. The van der Waals surface area contributed by atoms with Crippen molar-refractivity contribution in [2.75, 3.05) is 19.6 Å². The van der Waals surface area contributed by atoms with Crippen LogP contribution >= 0.6 is 0 Å². The molecule has 0 spiro atoms. The maximum atomic E-state index is 5.86. The first kappa shape index (κ1) is 15.9. The molecule has 3 heteroatoms. The maximum absolute atomic E-state index is 5.86. The van der Waals surface area contributed by atoms with Gasteiger partial charge in [-0.3, -0.25) is 0 Å². The van der Waals surface area contributed by atoms with E-state index in [2.05, 4.69) is 52.2 Å². The van der Waals surface area contributed by atoms with Crippen LogP contribution in [0.25, 0.3) is 0 Å². The van der Waals surface area contributed by atoms with Gasteiger partial charge in [-0.05, 0) is 60.0 Å². The monoisotopic (exact) mass is 256 g/mol. The fourth-order valence-electron chi connectivity index (χ4n) is 2.64. The van der Waals surface area contributed by atoms with Crippen LogP contribution in [0, 0.1) is 11.8 Å². The molecule has 4 atom stereocenters. The van der Waals surface area contributed by atoms with Crippen molar-refractivity contribution in [1.82, 2.24) is 10.6 Å².